The molecule has 2 aromatic rings. The SMILES string of the molecule is CC[C@H]1C(NC(=O)c2cc(Cl)ccc2OC)[C@@H]1c1ccc(S(N)(=O)=O)cc1. The Kier molecular flexibility index (Phi) is 5.46. The summed E-state index contributed by atoms with van der Waals surface area (Å²) in [4.78, 5) is 12.8. The Hall–Kier alpha value is -2.09. The summed E-state index contributed by atoms with van der Waals surface area (Å²) in [5, 5.41) is 8.65. The molecule has 0 aromatic heterocycles. The molecular formula is C19H21ClN2O4S. The van der Waals surface area contributed by atoms with Gasteiger partial charge in [0.2, 0.25) is 10.0 Å². The average molecular weight is 409 g/mol. The van der Waals surface area contributed by atoms with E-state index in [2.05, 4.69) is 12.2 Å². The van der Waals surface area contributed by atoms with E-state index in [0.717, 1.165) is 12.0 Å². The zero-order valence-corrected chi connectivity index (χ0v) is 16.5. The van der Waals surface area contributed by atoms with Crippen LogP contribution in [0.15, 0.2) is 47.4 Å². The minimum absolute atomic E-state index is 0.0356. The lowest BCUT2D eigenvalue weighted by Gasteiger charge is -2.10. The van der Waals surface area contributed by atoms with Crippen LogP contribution in [-0.2, 0) is 10.0 Å². The van der Waals surface area contributed by atoms with Gasteiger partial charge in [0.05, 0.1) is 17.6 Å². The normalized spacial score (nSPS) is 21.6. The lowest BCUT2D eigenvalue weighted by atomic mass is 10.1. The fraction of sp³-hybridized carbons (Fsp3) is 0.316. The first-order chi connectivity index (χ1) is 12.8. The Balaban J connectivity index is 1.78. The van der Waals surface area contributed by atoms with Gasteiger partial charge in [-0.15, -0.1) is 0 Å². The van der Waals surface area contributed by atoms with Crippen LogP contribution < -0.4 is 15.2 Å². The molecule has 6 nitrogen and oxygen atoms in total. The van der Waals surface area contributed by atoms with Crippen LogP contribution in [0.2, 0.25) is 5.02 Å². The number of nitrogens with two attached hydrogens (primary N) is 1. The predicted molar refractivity (Wildman–Crippen MR) is 104 cm³/mol. The predicted octanol–water partition coefficient (Wildman–Crippen LogP) is 2.92. The number of benzene rings is 2. The van der Waals surface area contributed by atoms with Crippen molar-refractivity contribution < 1.29 is 17.9 Å². The van der Waals surface area contributed by atoms with E-state index in [1.165, 1.54) is 19.2 Å². The monoisotopic (exact) mass is 408 g/mol. The molecule has 1 fully saturated rings. The number of sulfonamides is 1. The molecule has 0 heterocycles. The number of carbonyl (C=O) groups is 1. The van der Waals surface area contributed by atoms with Gasteiger partial charge in [0, 0.05) is 17.0 Å². The summed E-state index contributed by atoms with van der Waals surface area (Å²) in [6.07, 6.45) is 0.888. The molecule has 0 radical (unpaired) electrons. The van der Waals surface area contributed by atoms with Crippen LogP contribution in [0.1, 0.15) is 35.2 Å². The van der Waals surface area contributed by atoms with Crippen LogP contribution in [-0.4, -0.2) is 27.5 Å². The Morgan fingerprint density at radius 3 is 2.44 bits per heavy atom. The highest BCUT2D eigenvalue weighted by Crippen LogP contribution is 2.50. The van der Waals surface area contributed by atoms with E-state index in [9.17, 15) is 13.2 Å². The average Bonchev–Trinajstić information content (AvgIpc) is 3.33. The number of nitrogens with one attached hydrogen (secondary N) is 1. The summed E-state index contributed by atoms with van der Waals surface area (Å²) in [6.45, 7) is 2.06. The van der Waals surface area contributed by atoms with Crippen molar-refractivity contribution in [2.45, 2.75) is 30.2 Å². The summed E-state index contributed by atoms with van der Waals surface area (Å²) in [5.41, 5.74) is 1.35. The molecule has 1 aliphatic rings. The topological polar surface area (TPSA) is 98.5 Å². The van der Waals surface area contributed by atoms with Crippen molar-refractivity contribution in [1.82, 2.24) is 5.32 Å². The van der Waals surface area contributed by atoms with E-state index in [4.69, 9.17) is 21.5 Å². The number of halogens is 1. The Bertz CT molecular complexity index is 960. The number of amides is 1. The smallest absolute Gasteiger partial charge is 0.255 e. The quantitative estimate of drug-likeness (QED) is 0.767. The number of ether oxygens (including phenoxy) is 1. The first-order valence-corrected chi connectivity index (χ1v) is 10.5. The van der Waals surface area contributed by atoms with Gasteiger partial charge in [-0.1, -0.05) is 37.1 Å². The van der Waals surface area contributed by atoms with Gasteiger partial charge >= 0.3 is 0 Å². The standard InChI is InChI=1S/C19H21ClN2O4S/c1-3-14-17(11-4-7-13(8-5-11)27(21,24)25)18(14)22-19(23)15-10-12(20)6-9-16(15)26-2/h4-10,14,17-18H,3H2,1-2H3,(H,22,23)(H2,21,24,25)/t14-,17-,18?/m1/s1. The molecule has 0 spiro atoms. The zero-order valence-electron chi connectivity index (χ0n) is 15.0. The van der Waals surface area contributed by atoms with Crippen molar-refractivity contribution in [2.75, 3.05) is 7.11 Å². The first-order valence-electron chi connectivity index (χ1n) is 8.53. The van der Waals surface area contributed by atoms with Gasteiger partial charge in [-0.2, -0.15) is 0 Å². The molecule has 1 saturated carbocycles. The second kappa shape index (κ2) is 7.50. The molecule has 0 aliphatic heterocycles. The molecule has 3 N–H and O–H groups in total. The van der Waals surface area contributed by atoms with Gasteiger partial charge < -0.3 is 10.1 Å². The van der Waals surface area contributed by atoms with E-state index in [1.807, 2.05) is 0 Å². The van der Waals surface area contributed by atoms with Crippen LogP contribution in [0.4, 0.5) is 0 Å². The maximum absolute atomic E-state index is 12.7. The summed E-state index contributed by atoms with van der Waals surface area (Å²) in [7, 11) is -2.22. The molecule has 0 saturated heterocycles. The Morgan fingerprint density at radius 2 is 1.89 bits per heavy atom. The maximum Gasteiger partial charge on any atom is 0.255 e. The second-order valence-corrected chi connectivity index (χ2v) is 8.55. The number of hydrogen-bond donors (Lipinski definition) is 2. The van der Waals surface area contributed by atoms with Crippen LogP contribution in [0.5, 0.6) is 5.75 Å². The van der Waals surface area contributed by atoms with Gasteiger partial charge in [0.1, 0.15) is 5.75 Å². The first kappa shape index (κ1) is 19.7. The summed E-state index contributed by atoms with van der Waals surface area (Å²) in [6, 6.07) is 11.4. The van der Waals surface area contributed by atoms with E-state index in [0.29, 0.717) is 16.3 Å². The van der Waals surface area contributed by atoms with Gasteiger partial charge in [0.15, 0.2) is 0 Å². The third kappa shape index (κ3) is 4.10. The van der Waals surface area contributed by atoms with Gasteiger partial charge in [-0.25, -0.2) is 13.6 Å². The number of carbonyl (C=O) groups excluding carboxylic acids is 1. The van der Waals surface area contributed by atoms with Gasteiger partial charge in [-0.3, -0.25) is 4.79 Å². The third-order valence-corrected chi connectivity index (χ3v) is 6.10. The van der Waals surface area contributed by atoms with E-state index < -0.39 is 10.0 Å². The molecule has 3 atom stereocenters. The highest BCUT2D eigenvalue weighted by atomic mass is 35.5. The molecule has 8 heteroatoms. The van der Waals surface area contributed by atoms with Crippen molar-refractivity contribution in [3.05, 3.63) is 58.6 Å². The van der Waals surface area contributed by atoms with Crippen LogP contribution in [0, 0.1) is 5.92 Å². The van der Waals surface area contributed by atoms with E-state index in [1.54, 1.807) is 30.3 Å². The molecule has 3 rings (SSSR count). The zero-order chi connectivity index (χ0) is 19.8. The highest BCUT2D eigenvalue weighted by molar-refractivity contribution is 7.89. The molecular weight excluding hydrogens is 388 g/mol. The molecule has 1 aliphatic carbocycles. The van der Waals surface area contributed by atoms with Crippen LogP contribution in [0.25, 0.3) is 0 Å². The number of rotatable bonds is 6. The van der Waals surface area contributed by atoms with Gasteiger partial charge in [0.25, 0.3) is 5.91 Å². The van der Waals surface area contributed by atoms with Crippen molar-refractivity contribution in [1.29, 1.82) is 0 Å². The van der Waals surface area contributed by atoms with Crippen molar-refractivity contribution in [3.63, 3.8) is 0 Å². The molecule has 1 amide bonds. The highest BCUT2D eigenvalue weighted by Gasteiger charge is 2.50. The fourth-order valence-electron chi connectivity index (χ4n) is 3.50. The number of hydrogen-bond acceptors (Lipinski definition) is 4. The van der Waals surface area contributed by atoms with Crippen LogP contribution >= 0.6 is 11.6 Å². The largest absolute Gasteiger partial charge is 0.496 e. The minimum Gasteiger partial charge on any atom is -0.496 e. The van der Waals surface area contributed by atoms with Crippen LogP contribution in [0.3, 0.4) is 0 Å². The van der Waals surface area contributed by atoms with Crippen molar-refractivity contribution in [3.8, 4) is 5.75 Å². The summed E-state index contributed by atoms with van der Waals surface area (Å²) < 4.78 is 28.1. The van der Waals surface area contributed by atoms with E-state index in [-0.39, 0.29) is 28.7 Å². The van der Waals surface area contributed by atoms with Crippen molar-refractivity contribution in [2.24, 2.45) is 11.1 Å². The summed E-state index contributed by atoms with van der Waals surface area (Å²) in [5.74, 6) is 0.610. The van der Waals surface area contributed by atoms with Crippen molar-refractivity contribution >= 4 is 27.5 Å². The second-order valence-electron chi connectivity index (χ2n) is 6.56. The lowest BCUT2D eigenvalue weighted by molar-refractivity contribution is 0.0945. The molecule has 0 bridgehead atoms. The van der Waals surface area contributed by atoms with Gasteiger partial charge in [-0.05, 0) is 41.8 Å². The molecule has 27 heavy (non-hydrogen) atoms. The fourth-order valence-corrected chi connectivity index (χ4v) is 4.19. The lowest BCUT2D eigenvalue weighted by Crippen LogP contribution is -2.28. The minimum atomic E-state index is -3.72. The maximum atomic E-state index is 12.7. The molecule has 144 valence electrons. The summed E-state index contributed by atoms with van der Waals surface area (Å²) >= 11 is 6.01. The van der Waals surface area contributed by atoms with E-state index >= 15 is 0 Å². The third-order valence-electron chi connectivity index (χ3n) is 4.94. The molecule has 1 unspecified atom stereocenters. The Morgan fingerprint density at radius 1 is 1.22 bits per heavy atom. The number of primary sulfonamides is 1. The Labute approximate surface area is 163 Å². The number of methoxy groups -OCH3 is 1. The molecule has 2 aromatic carbocycles.